The van der Waals surface area contributed by atoms with Gasteiger partial charge in [-0.2, -0.15) is 10.4 Å². The molecule has 2 aliphatic heterocycles. The molecule has 0 aliphatic carbocycles. The zero-order valence-electron chi connectivity index (χ0n) is 37.8. The number of nitriles is 1. The monoisotopic (exact) mass is 936 g/mol. The first-order valence-electron chi connectivity index (χ1n) is 23.0. The minimum Gasteiger partial charge on any atom is -0.402 e. The Hall–Kier alpha value is -4.15. The molecule has 0 bridgehead atoms. The highest BCUT2D eigenvalue weighted by Gasteiger charge is 2.69. The predicted octanol–water partition coefficient (Wildman–Crippen LogP) is 12.2. The van der Waals surface area contributed by atoms with Gasteiger partial charge in [-0.1, -0.05) is 127 Å². The normalized spacial score (nSPS) is 21.4. The Morgan fingerprint density at radius 1 is 0.954 bits per heavy atom. The van der Waals surface area contributed by atoms with Crippen molar-refractivity contribution >= 4 is 30.8 Å². The lowest BCUT2D eigenvalue weighted by Crippen LogP contribution is -2.44. The predicted molar refractivity (Wildman–Crippen MR) is 245 cm³/mol. The van der Waals surface area contributed by atoms with E-state index in [1.807, 2.05) is 6.07 Å². The molecule has 0 spiro atoms. The molecule has 6 atom stereocenters. The van der Waals surface area contributed by atoms with Crippen molar-refractivity contribution in [1.82, 2.24) is 14.6 Å². The van der Waals surface area contributed by atoms with Crippen LogP contribution in [-0.2, 0) is 39.2 Å². The highest BCUT2D eigenvalue weighted by molar-refractivity contribution is 7.49. The summed E-state index contributed by atoms with van der Waals surface area (Å²) in [5, 5.41) is 13.9. The number of fused-ring (bicyclic) bond motifs is 2. The molecule has 2 N–H and O–H groups in total. The maximum absolute atomic E-state index is 14.9. The van der Waals surface area contributed by atoms with Gasteiger partial charge in [0.25, 0.3) is 0 Å². The third-order valence-electron chi connectivity index (χ3n) is 11.8. The van der Waals surface area contributed by atoms with Crippen molar-refractivity contribution in [2.45, 2.75) is 166 Å². The summed E-state index contributed by atoms with van der Waals surface area (Å²) < 4.78 is 74.4. The van der Waals surface area contributed by atoms with Gasteiger partial charge in [0, 0.05) is 0 Å². The molecule has 2 fully saturated rings. The fourth-order valence-corrected chi connectivity index (χ4v) is 9.91. The molecule has 6 rings (SSSR count). The van der Waals surface area contributed by atoms with E-state index in [0.29, 0.717) is 23.2 Å². The first-order chi connectivity index (χ1) is 31.4. The number of hydrogen-bond donors (Lipinski definition) is 1. The molecule has 2 saturated heterocycles. The van der Waals surface area contributed by atoms with E-state index in [2.05, 4.69) is 21.9 Å². The maximum atomic E-state index is 14.9. The van der Waals surface area contributed by atoms with Crippen molar-refractivity contribution in [1.29, 1.82) is 5.26 Å². The van der Waals surface area contributed by atoms with Crippen LogP contribution in [-0.4, -0.2) is 57.6 Å². The van der Waals surface area contributed by atoms with Crippen LogP contribution < -0.4 is 10.3 Å². The Labute approximate surface area is 387 Å². The number of halogens is 2. The van der Waals surface area contributed by atoms with Crippen LogP contribution in [0.3, 0.4) is 0 Å². The SMILES string of the molecule is [C-]#[N+][C@]1(COP(=O)(OC[C@@H](CCCCCCCCCCCCCCCCC)OCc2cc(F)cc(C#N)c2)Oc2ccccc2Cl)O[C@@H](c2ccc3c(N)ncnn23)[C@@H]2OC(C)(C)O[C@@H]21. The molecule has 0 radical (unpaired) electrons. The highest BCUT2D eigenvalue weighted by atomic mass is 35.5. The molecular weight excluding hydrogens is 874 g/mol. The molecule has 1 unspecified atom stereocenters. The van der Waals surface area contributed by atoms with Crippen LogP contribution in [0.5, 0.6) is 5.75 Å². The Kier molecular flexibility index (Phi) is 18.6. The van der Waals surface area contributed by atoms with Crippen LogP contribution in [0.1, 0.15) is 146 Å². The Morgan fingerprint density at radius 2 is 1.63 bits per heavy atom. The fourth-order valence-electron chi connectivity index (χ4n) is 8.41. The average Bonchev–Trinajstić information content (AvgIpc) is 3.95. The van der Waals surface area contributed by atoms with E-state index in [1.165, 1.54) is 89.1 Å². The second kappa shape index (κ2) is 24.0. The number of nitrogen functional groups attached to an aromatic ring is 1. The molecule has 4 aromatic rings. The zero-order chi connectivity index (χ0) is 46.3. The number of aromatic nitrogens is 3. The molecule has 2 aromatic heterocycles. The Bertz CT molecular complexity index is 2290. The smallest absolute Gasteiger partial charge is 0.402 e. The van der Waals surface area contributed by atoms with Gasteiger partial charge < -0.3 is 24.5 Å². The van der Waals surface area contributed by atoms with E-state index in [-0.39, 0.29) is 35.4 Å². The third kappa shape index (κ3) is 13.9. The van der Waals surface area contributed by atoms with E-state index < -0.39 is 56.2 Å². The van der Waals surface area contributed by atoms with Crippen molar-refractivity contribution in [3.63, 3.8) is 0 Å². The van der Waals surface area contributed by atoms with Gasteiger partial charge in [0.15, 0.2) is 24.3 Å². The Balaban J connectivity index is 1.12. The van der Waals surface area contributed by atoms with Gasteiger partial charge in [-0.15, -0.1) is 0 Å². The van der Waals surface area contributed by atoms with E-state index in [9.17, 15) is 14.2 Å². The van der Waals surface area contributed by atoms with Crippen molar-refractivity contribution in [3.8, 4) is 11.8 Å². The van der Waals surface area contributed by atoms with Crippen LogP contribution in [0.25, 0.3) is 10.4 Å². The lowest BCUT2D eigenvalue weighted by Gasteiger charge is -2.27. The van der Waals surface area contributed by atoms with Gasteiger partial charge >= 0.3 is 13.5 Å². The zero-order valence-corrected chi connectivity index (χ0v) is 39.5. The summed E-state index contributed by atoms with van der Waals surface area (Å²) >= 11 is 6.48. The average molecular weight is 937 g/mol. The van der Waals surface area contributed by atoms with E-state index in [0.717, 1.165) is 31.7 Å². The van der Waals surface area contributed by atoms with Crippen LogP contribution >= 0.6 is 19.4 Å². The Morgan fingerprint density at radius 3 is 2.29 bits per heavy atom. The van der Waals surface area contributed by atoms with E-state index in [1.54, 1.807) is 54.8 Å². The highest BCUT2D eigenvalue weighted by Crippen LogP contribution is 2.56. The molecule has 4 heterocycles. The summed E-state index contributed by atoms with van der Waals surface area (Å²) in [6.45, 7) is 13.2. The van der Waals surface area contributed by atoms with Crippen molar-refractivity contribution in [2.24, 2.45) is 0 Å². The van der Waals surface area contributed by atoms with Gasteiger partial charge in [-0.3, -0.25) is 18.6 Å². The van der Waals surface area contributed by atoms with Crippen molar-refractivity contribution in [2.75, 3.05) is 18.9 Å². The second-order valence-corrected chi connectivity index (χ2v) is 19.4. The number of anilines is 1. The first kappa shape index (κ1) is 50.3. The second-order valence-electron chi connectivity index (χ2n) is 17.4. The number of nitrogens with zero attached hydrogens (tertiary/aromatic N) is 5. The largest absolute Gasteiger partial charge is 0.530 e. The van der Waals surface area contributed by atoms with Gasteiger partial charge in [0.05, 0.1) is 41.7 Å². The number of hydrogen-bond acceptors (Lipinski definition) is 12. The number of nitrogens with two attached hydrogens (primary N) is 1. The van der Waals surface area contributed by atoms with Gasteiger partial charge in [-0.25, -0.2) is 25.0 Å². The lowest BCUT2D eigenvalue weighted by atomic mass is 10.0. The third-order valence-corrected chi connectivity index (χ3v) is 13.4. The summed E-state index contributed by atoms with van der Waals surface area (Å²) in [4.78, 5) is 7.96. The van der Waals surface area contributed by atoms with Crippen molar-refractivity contribution < 1.29 is 41.5 Å². The minimum absolute atomic E-state index is 0.0274. The molecule has 2 aromatic carbocycles. The number of phosphoric acid groups is 1. The maximum Gasteiger partial charge on any atom is 0.530 e. The summed E-state index contributed by atoms with van der Waals surface area (Å²) in [6.07, 6.45) is 16.7. The number of ether oxygens (including phenoxy) is 4. The first-order valence-corrected chi connectivity index (χ1v) is 24.9. The molecule has 0 saturated carbocycles. The van der Waals surface area contributed by atoms with Crippen molar-refractivity contribution in [3.05, 3.63) is 100 Å². The van der Waals surface area contributed by atoms with Crippen LogP contribution in [0, 0.1) is 23.7 Å². The molecule has 65 heavy (non-hydrogen) atoms. The van der Waals surface area contributed by atoms with Gasteiger partial charge in [0.1, 0.15) is 35.6 Å². The number of benzene rings is 2. The number of rotatable bonds is 28. The van der Waals surface area contributed by atoms with Crippen LogP contribution in [0.15, 0.2) is 60.9 Å². The summed E-state index contributed by atoms with van der Waals surface area (Å²) in [5.41, 5.74) is 5.92. The molecule has 352 valence electrons. The molecular formula is C48H63ClFN6O8P. The lowest BCUT2D eigenvalue weighted by molar-refractivity contribution is -0.206. The van der Waals surface area contributed by atoms with Crippen LogP contribution in [0.4, 0.5) is 10.2 Å². The van der Waals surface area contributed by atoms with Gasteiger partial charge in [0.2, 0.25) is 0 Å². The fraction of sp³-hybridized carbons (Fsp3) is 0.583. The molecule has 14 nitrogen and oxygen atoms in total. The number of phosphoric ester groups is 1. The number of para-hydroxylation sites is 1. The topological polar surface area (TPSA) is 166 Å². The quantitative estimate of drug-likeness (QED) is 0.0326. The van der Waals surface area contributed by atoms with E-state index in [4.69, 9.17) is 56.4 Å². The minimum atomic E-state index is -4.64. The van der Waals surface area contributed by atoms with Gasteiger partial charge in [-0.05, 0) is 68.3 Å². The molecule has 2 aliphatic rings. The molecule has 0 amide bonds. The van der Waals surface area contributed by atoms with E-state index >= 15 is 0 Å². The summed E-state index contributed by atoms with van der Waals surface area (Å²) in [5.74, 6) is -1.39. The summed E-state index contributed by atoms with van der Waals surface area (Å²) in [6, 6.07) is 15.9. The van der Waals surface area contributed by atoms with Crippen LogP contribution in [0.2, 0.25) is 5.02 Å². The summed E-state index contributed by atoms with van der Waals surface area (Å²) in [7, 11) is -4.64. The number of unbranched alkanes of at least 4 members (excludes halogenated alkanes) is 14. The standard InChI is InChI=1S/C48H63ClFN6O8P/c1-5-6-7-8-9-10-11-12-13-14-15-16-17-18-19-22-38(58-31-36-27-35(30-51)28-37(50)29-36)32-59-65(57,64-42-24-21-20-23-39(42)49)60-33-48(53-4)45-44(61-47(2,3)63-45)43(62-48)40-25-26-41-46(52)54-34-55-56(40)41/h20-21,23-29,34,38,43-45H,5-19,22,31-33H2,1-3H3,(H2,52,54,55)/t38-,43+,44+,45+,48-,65?/m1/s1. The molecule has 17 heteroatoms.